The number of carboxylic acids is 1. The molecule has 20 heavy (non-hydrogen) atoms. The minimum atomic E-state index is -0.848. The molecule has 0 spiro atoms. The van der Waals surface area contributed by atoms with Crippen LogP contribution in [-0.4, -0.2) is 53.1 Å². The minimum Gasteiger partial charge on any atom is -0.481 e. The van der Waals surface area contributed by atoms with Crippen molar-refractivity contribution in [3.63, 3.8) is 0 Å². The molecule has 1 N–H and O–H groups in total. The van der Waals surface area contributed by atoms with Gasteiger partial charge in [0.15, 0.2) is 0 Å². The third kappa shape index (κ3) is 3.25. The summed E-state index contributed by atoms with van der Waals surface area (Å²) in [5.74, 6) is -0.707. The van der Waals surface area contributed by atoms with E-state index in [9.17, 15) is 9.59 Å². The summed E-state index contributed by atoms with van der Waals surface area (Å²) in [6, 6.07) is 0.391. The lowest BCUT2D eigenvalue weighted by Gasteiger charge is -2.45. The molecule has 3 unspecified atom stereocenters. The molecule has 1 saturated heterocycles. The van der Waals surface area contributed by atoms with Crippen LogP contribution in [0.25, 0.3) is 0 Å². The van der Waals surface area contributed by atoms with Gasteiger partial charge in [-0.3, -0.25) is 4.79 Å². The van der Waals surface area contributed by atoms with Crippen molar-refractivity contribution in [3.8, 4) is 0 Å². The Morgan fingerprint density at radius 1 is 1.25 bits per heavy atom. The first-order chi connectivity index (χ1) is 9.50. The number of urea groups is 1. The van der Waals surface area contributed by atoms with Gasteiger partial charge in [0.2, 0.25) is 0 Å². The van der Waals surface area contributed by atoms with E-state index < -0.39 is 11.9 Å². The van der Waals surface area contributed by atoms with Crippen molar-refractivity contribution in [3.05, 3.63) is 0 Å². The highest BCUT2D eigenvalue weighted by atomic mass is 16.4. The van der Waals surface area contributed by atoms with E-state index in [4.69, 9.17) is 5.11 Å². The molecule has 0 aromatic carbocycles. The molecule has 1 aliphatic carbocycles. The molecule has 3 atom stereocenters. The fourth-order valence-electron chi connectivity index (χ4n) is 3.65. The normalized spacial score (nSPS) is 27.6. The van der Waals surface area contributed by atoms with Crippen molar-refractivity contribution in [1.82, 2.24) is 9.80 Å². The molecule has 0 radical (unpaired) electrons. The highest BCUT2D eigenvalue weighted by Crippen LogP contribution is 2.35. The monoisotopic (exact) mass is 282 g/mol. The average Bonchev–Trinajstić information content (AvgIpc) is 2.45. The predicted molar refractivity (Wildman–Crippen MR) is 76.5 cm³/mol. The number of aliphatic carboxylic acids is 1. The molecule has 1 heterocycles. The second kappa shape index (κ2) is 6.46. The zero-order chi connectivity index (χ0) is 14.7. The van der Waals surface area contributed by atoms with Gasteiger partial charge in [-0.1, -0.05) is 19.8 Å². The van der Waals surface area contributed by atoms with Gasteiger partial charge in [0.05, 0.1) is 5.92 Å². The highest BCUT2D eigenvalue weighted by Gasteiger charge is 2.37. The van der Waals surface area contributed by atoms with E-state index in [-0.39, 0.29) is 12.6 Å². The van der Waals surface area contributed by atoms with Crippen LogP contribution in [0.1, 0.15) is 45.4 Å². The summed E-state index contributed by atoms with van der Waals surface area (Å²) >= 11 is 0. The van der Waals surface area contributed by atoms with Crippen LogP contribution < -0.4 is 0 Å². The van der Waals surface area contributed by atoms with E-state index >= 15 is 0 Å². The third-order valence-electron chi connectivity index (χ3n) is 4.78. The standard InChI is InChI=1S/C15H26N2O3/c1-11(14(18)19)10-16(2)15(20)17-9-5-7-12-6-3-4-8-13(12)17/h11-13H,3-10H2,1-2H3,(H,18,19). The van der Waals surface area contributed by atoms with Gasteiger partial charge in [-0.15, -0.1) is 0 Å². The lowest BCUT2D eigenvalue weighted by Crippen LogP contribution is -2.54. The minimum absolute atomic E-state index is 0.00898. The van der Waals surface area contributed by atoms with Gasteiger partial charge in [0, 0.05) is 26.2 Å². The summed E-state index contributed by atoms with van der Waals surface area (Å²) in [7, 11) is 1.72. The molecular weight excluding hydrogens is 256 g/mol. The molecule has 5 nitrogen and oxygen atoms in total. The first-order valence-corrected chi connectivity index (χ1v) is 7.75. The lowest BCUT2D eigenvalue weighted by molar-refractivity contribution is -0.141. The number of nitrogens with zero attached hydrogens (tertiary/aromatic N) is 2. The highest BCUT2D eigenvalue weighted by molar-refractivity contribution is 5.76. The van der Waals surface area contributed by atoms with Gasteiger partial charge in [-0.25, -0.2) is 4.79 Å². The van der Waals surface area contributed by atoms with E-state index in [1.54, 1.807) is 18.9 Å². The maximum absolute atomic E-state index is 12.6. The lowest BCUT2D eigenvalue weighted by atomic mass is 9.78. The molecule has 2 rings (SSSR count). The summed E-state index contributed by atoms with van der Waals surface area (Å²) in [4.78, 5) is 27.1. The number of hydrogen-bond acceptors (Lipinski definition) is 2. The summed E-state index contributed by atoms with van der Waals surface area (Å²) in [6.45, 7) is 2.75. The van der Waals surface area contributed by atoms with Crippen molar-refractivity contribution in [2.24, 2.45) is 11.8 Å². The second-order valence-electron chi connectivity index (χ2n) is 6.35. The van der Waals surface area contributed by atoms with Crippen LogP contribution >= 0.6 is 0 Å². The van der Waals surface area contributed by atoms with E-state index in [1.165, 1.54) is 25.7 Å². The zero-order valence-corrected chi connectivity index (χ0v) is 12.5. The molecular formula is C15H26N2O3. The first kappa shape index (κ1) is 15.1. The van der Waals surface area contributed by atoms with Crippen LogP contribution in [0.4, 0.5) is 4.79 Å². The predicted octanol–water partition coefficient (Wildman–Crippen LogP) is 2.41. The zero-order valence-electron chi connectivity index (χ0n) is 12.5. The summed E-state index contributed by atoms with van der Waals surface area (Å²) in [6.07, 6.45) is 7.16. The Morgan fingerprint density at radius 3 is 2.60 bits per heavy atom. The molecule has 2 fully saturated rings. The SMILES string of the molecule is CC(CN(C)C(=O)N1CCCC2CCCCC21)C(=O)O. The molecule has 0 aromatic rings. The number of fused-ring (bicyclic) bond motifs is 1. The molecule has 2 amide bonds. The Balaban J connectivity index is 1.97. The van der Waals surface area contributed by atoms with Crippen molar-refractivity contribution >= 4 is 12.0 Å². The molecule has 1 saturated carbocycles. The number of hydrogen-bond donors (Lipinski definition) is 1. The van der Waals surface area contributed by atoms with Crippen LogP contribution in [0.2, 0.25) is 0 Å². The van der Waals surface area contributed by atoms with Gasteiger partial charge in [-0.2, -0.15) is 0 Å². The maximum Gasteiger partial charge on any atom is 0.320 e. The summed E-state index contributed by atoms with van der Waals surface area (Å²) in [5.41, 5.74) is 0. The fourth-order valence-corrected chi connectivity index (χ4v) is 3.65. The van der Waals surface area contributed by atoms with E-state index in [0.717, 1.165) is 19.4 Å². The van der Waals surface area contributed by atoms with Gasteiger partial charge >= 0.3 is 12.0 Å². The number of rotatable bonds is 3. The summed E-state index contributed by atoms with van der Waals surface area (Å²) in [5, 5.41) is 8.96. The second-order valence-corrected chi connectivity index (χ2v) is 6.35. The number of carbonyl (C=O) groups excluding carboxylic acids is 1. The van der Waals surface area contributed by atoms with Crippen LogP contribution in [0.15, 0.2) is 0 Å². The number of likely N-dealkylation sites (tertiary alicyclic amines) is 1. The molecule has 5 heteroatoms. The maximum atomic E-state index is 12.6. The summed E-state index contributed by atoms with van der Waals surface area (Å²) < 4.78 is 0. The van der Waals surface area contributed by atoms with Gasteiger partial charge in [0.1, 0.15) is 0 Å². The number of carbonyl (C=O) groups is 2. The van der Waals surface area contributed by atoms with Crippen LogP contribution in [0, 0.1) is 11.8 Å². The molecule has 114 valence electrons. The Bertz CT molecular complexity index is 370. The fraction of sp³-hybridized carbons (Fsp3) is 0.867. The quantitative estimate of drug-likeness (QED) is 0.864. The Kier molecular flexibility index (Phi) is 4.89. The average molecular weight is 282 g/mol. The third-order valence-corrected chi connectivity index (χ3v) is 4.78. The molecule has 0 bridgehead atoms. The van der Waals surface area contributed by atoms with Crippen LogP contribution in [0.5, 0.6) is 0 Å². The van der Waals surface area contributed by atoms with E-state index in [0.29, 0.717) is 12.0 Å². The number of carboxylic acid groups (broad SMARTS) is 1. The molecule has 1 aliphatic heterocycles. The van der Waals surface area contributed by atoms with Crippen LogP contribution in [0.3, 0.4) is 0 Å². The van der Waals surface area contributed by atoms with E-state index in [2.05, 4.69) is 0 Å². The number of amides is 2. The van der Waals surface area contributed by atoms with Crippen molar-refractivity contribution in [1.29, 1.82) is 0 Å². The van der Waals surface area contributed by atoms with Crippen molar-refractivity contribution < 1.29 is 14.7 Å². The number of piperidine rings is 1. The first-order valence-electron chi connectivity index (χ1n) is 7.75. The Morgan fingerprint density at radius 2 is 1.90 bits per heavy atom. The van der Waals surface area contributed by atoms with Gasteiger partial charge in [-0.05, 0) is 31.6 Å². The van der Waals surface area contributed by atoms with Crippen LogP contribution in [-0.2, 0) is 4.79 Å². The van der Waals surface area contributed by atoms with Crippen molar-refractivity contribution in [2.75, 3.05) is 20.1 Å². The molecule has 0 aromatic heterocycles. The van der Waals surface area contributed by atoms with Crippen molar-refractivity contribution in [2.45, 2.75) is 51.5 Å². The van der Waals surface area contributed by atoms with E-state index in [1.807, 2.05) is 4.90 Å². The smallest absolute Gasteiger partial charge is 0.320 e. The van der Waals surface area contributed by atoms with Gasteiger partial charge in [0.25, 0.3) is 0 Å². The Hall–Kier alpha value is -1.26. The van der Waals surface area contributed by atoms with Gasteiger partial charge < -0.3 is 14.9 Å². The Labute approximate surface area is 120 Å². The molecule has 2 aliphatic rings. The largest absolute Gasteiger partial charge is 0.481 e. The topological polar surface area (TPSA) is 60.9 Å².